The molecule has 26 heavy (non-hydrogen) atoms. The van der Waals surface area contributed by atoms with E-state index in [9.17, 15) is 9.59 Å². The highest BCUT2D eigenvalue weighted by atomic mass is 16.3. The lowest BCUT2D eigenvalue weighted by Gasteiger charge is -2.41. The van der Waals surface area contributed by atoms with Crippen molar-refractivity contribution in [3.05, 3.63) is 54.0 Å². The summed E-state index contributed by atoms with van der Waals surface area (Å²) in [5.41, 5.74) is 1.32. The van der Waals surface area contributed by atoms with Crippen molar-refractivity contribution in [2.45, 2.75) is 32.1 Å². The van der Waals surface area contributed by atoms with Crippen LogP contribution in [0.2, 0.25) is 0 Å². The van der Waals surface area contributed by atoms with Gasteiger partial charge < -0.3 is 14.6 Å². The van der Waals surface area contributed by atoms with Crippen molar-refractivity contribution in [2.24, 2.45) is 11.8 Å². The van der Waals surface area contributed by atoms with Crippen molar-refractivity contribution in [3.63, 3.8) is 0 Å². The lowest BCUT2D eigenvalue weighted by molar-refractivity contribution is 0.0521. The van der Waals surface area contributed by atoms with Gasteiger partial charge in [-0.3, -0.25) is 9.59 Å². The predicted molar refractivity (Wildman–Crippen MR) is 99.1 cm³/mol. The van der Waals surface area contributed by atoms with Crippen LogP contribution in [0, 0.1) is 11.8 Å². The lowest BCUT2D eigenvalue weighted by Crippen LogP contribution is -2.44. The van der Waals surface area contributed by atoms with Crippen LogP contribution in [0.4, 0.5) is 5.69 Å². The number of fused-ring (bicyclic) bond motifs is 1. The van der Waals surface area contributed by atoms with Gasteiger partial charge in [0.15, 0.2) is 5.76 Å². The molecule has 2 fully saturated rings. The van der Waals surface area contributed by atoms with E-state index in [4.69, 9.17) is 4.42 Å². The summed E-state index contributed by atoms with van der Waals surface area (Å²) < 4.78 is 5.08. The molecule has 0 radical (unpaired) electrons. The van der Waals surface area contributed by atoms with Gasteiger partial charge in [0, 0.05) is 24.3 Å². The maximum atomic E-state index is 12.8. The van der Waals surface area contributed by atoms with E-state index in [1.165, 1.54) is 31.9 Å². The SMILES string of the molecule is O=C(Nc1ccc(C(=O)N2CCC3CCCCC3C2)cc1)c1ccco1. The van der Waals surface area contributed by atoms with E-state index in [1.807, 2.05) is 4.90 Å². The Morgan fingerprint density at radius 1 is 1.00 bits per heavy atom. The molecule has 4 rings (SSSR count). The van der Waals surface area contributed by atoms with Gasteiger partial charge in [-0.2, -0.15) is 0 Å². The van der Waals surface area contributed by atoms with E-state index in [1.54, 1.807) is 36.4 Å². The second-order valence-corrected chi connectivity index (χ2v) is 7.35. The van der Waals surface area contributed by atoms with Crippen molar-refractivity contribution >= 4 is 17.5 Å². The zero-order valence-corrected chi connectivity index (χ0v) is 14.8. The number of carbonyl (C=O) groups excluding carboxylic acids is 2. The minimum Gasteiger partial charge on any atom is -0.459 e. The third kappa shape index (κ3) is 3.52. The number of rotatable bonds is 3. The molecular weight excluding hydrogens is 328 g/mol. The maximum Gasteiger partial charge on any atom is 0.291 e. The number of nitrogens with one attached hydrogen (secondary N) is 1. The average molecular weight is 352 g/mol. The first-order valence-corrected chi connectivity index (χ1v) is 9.45. The summed E-state index contributed by atoms with van der Waals surface area (Å²) in [6.45, 7) is 1.75. The van der Waals surface area contributed by atoms with E-state index in [0.29, 0.717) is 17.2 Å². The molecule has 2 aromatic rings. The number of nitrogens with zero attached hydrogens (tertiary/aromatic N) is 1. The molecule has 5 heteroatoms. The van der Waals surface area contributed by atoms with Gasteiger partial charge in [0.25, 0.3) is 11.8 Å². The molecule has 5 nitrogen and oxygen atoms in total. The maximum absolute atomic E-state index is 12.8. The molecule has 136 valence electrons. The fourth-order valence-electron chi connectivity index (χ4n) is 4.26. The van der Waals surface area contributed by atoms with E-state index in [0.717, 1.165) is 25.4 Å². The normalized spacial score (nSPS) is 22.5. The molecule has 2 heterocycles. The molecule has 1 saturated heterocycles. The standard InChI is InChI=1S/C21H24N2O3/c24-20(19-6-3-13-26-19)22-18-9-7-16(8-10-18)21(25)23-12-11-15-4-1-2-5-17(15)14-23/h3,6-10,13,15,17H,1-2,4-5,11-12,14H2,(H,22,24). The fourth-order valence-corrected chi connectivity index (χ4v) is 4.26. The molecule has 0 spiro atoms. The van der Waals surface area contributed by atoms with Gasteiger partial charge in [-0.25, -0.2) is 0 Å². The smallest absolute Gasteiger partial charge is 0.291 e. The summed E-state index contributed by atoms with van der Waals surface area (Å²) in [5, 5.41) is 2.77. The van der Waals surface area contributed by atoms with Gasteiger partial charge in [-0.15, -0.1) is 0 Å². The summed E-state index contributed by atoms with van der Waals surface area (Å²) >= 11 is 0. The molecule has 1 aromatic heterocycles. The number of benzene rings is 1. The van der Waals surface area contributed by atoms with Gasteiger partial charge in [0.05, 0.1) is 6.26 Å². The summed E-state index contributed by atoms with van der Waals surface area (Å²) in [7, 11) is 0. The van der Waals surface area contributed by atoms with Crippen LogP contribution >= 0.6 is 0 Å². The minimum atomic E-state index is -0.298. The van der Waals surface area contributed by atoms with Gasteiger partial charge in [0.2, 0.25) is 0 Å². The highest BCUT2D eigenvalue weighted by molar-refractivity contribution is 6.02. The Balaban J connectivity index is 1.38. The minimum absolute atomic E-state index is 0.0953. The van der Waals surface area contributed by atoms with Crippen LogP contribution in [0.1, 0.15) is 53.0 Å². The fraction of sp³-hybridized carbons (Fsp3) is 0.429. The summed E-state index contributed by atoms with van der Waals surface area (Å²) in [4.78, 5) is 26.8. The third-order valence-corrected chi connectivity index (χ3v) is 5.71. The number of piperidine rings is 1. The van der Waals surface area contributed by atoms with Crippen LogP contribution in [0.5, 0.6) is 0 Å². The Morgan fingerprint density at radius 3 is 2.50 bits per heavy atom. The molecule has 2 atom stereocenters. The largest absolute Gasteiger partial charge is 0.459 e. The molecule has 2 aliphatic rings. The van der Waals surface area contributed by atoms with E-state index in [-0.39, 0.29) is 17.6 Å². The summed E-state index contributed by atoms with van der Waals surface area (Å²) in [5.74, 6) is 1.55. The molecule has 1 aliphatic carbocycles. The summed E-state index contributed by atoms with van der Waals surface area (Å²) in [6, 6.07) is 10.4. The highest BCUT2D eigenvalue weighted by Crippen LogP contribution is 2.36. The summed E-state index contributed by atoms with van der Waals surface area (Å²) in [6.07, 6.45) is 7.83. The average Bonchev–Trinajstić information content (AvgIpc) is 3.23. The van der Waals surface area contributed by atoms with E-state index in [2.05, 4.69) is 5.32 Å². The quantitative estimate of drug-likeness (QED) is 0.901. The molecular formula is C21H24N2O3. The number of anilines is 1. The Bertz CT molecular complexity index is 767. The molecule has 1 N–H and O–H groups in total. The predicted octanol–water partition coefficient (Wildman–Crippen LogP) is 4.18. The van der Waals surface area contributed by atoms with E-state index >= 15 is 0 Å². The Morgan fingerprint density at radius 2 is 1.77 bits per heavy atom. The van der Waals surface area contributed by atoms with Crippen LogP contribution < -0.4 is 5.32 Å². The molecule has 2 unspecified atom stereocenters. The van der Waals surface area contributed by atoms with Gasteiger partial charge >= 0.3 is 0 Å². The van der Waals surface area contributed by atoms with Crippen molar-refractivity contribution in [2.75, 3.05) is 18.4 Å². The van der Waals surface area contributed by atoms with Crippen LogP contribution in [-0.2, 0) is 0 Å². The van der Waals surface area contributed by atoms with Crippen molar-refractivity contribution < 1.29 is 14.0 Å². The Kier molecular flexibility index (Phi) is 4.78. The molecule has 1 aliphatic heterocycles. The number of likely N-dealkylation sites (tertiary alicyclic amines) is 1. The van der Waals surface area contributed by atoms with Crippen LogP contribution in [-0.4, -0.2) is 29.8 Å². The second kappa shape index (κ2) is 7.36. The van der Waals surface area contributed by atoms with Gasteiger partial charge in [-0.1, -0.05) is 19.3 Å². The van der Waals surface area contributed by atoms with Crippen molar-refractivity contribution in [3.8, 4) is 0 Å². The topological polar surface area (TPSA) is 62.6 Å². The second-order valence-electron chi connectivity index (χ2n) is 7.35. The zero-order chi connectivity index (χ0) is 17.9. The molecule has 0 bridgehead atoms. The number of hydrogen-bond donors (Lipinski definition) is 1. The first-order valence-electron chi connectivity index (χ1n) is 9.45. The molecule has 2 amide bonds. The van der Waals surface area contributed by atoms with Crippen molar-refractivity contribution in [1.82, 2.24) is 4.90 Å². The number of hydrogen-bond acceptors (Lipinski definition) is 3. The van der Waals surface area contributed by atoms with E-state index < -0.39 is 0 Å². The lowest BCUT2D eigenvalue weighted by atomic mass is 9.75. The first-order chi connectivity index (χ1) is 12.7. The Hall–Kier alpha value is -2.56. The zero-order valence-electron chi connectivity index (χ0n) is 14.8. The molecule has 1 saturated carbocycles. The first kappa shape index (κ1) is 16.9. The Labute approximate surface area is 153 Å². The van der Waals surface area contributed by atoms with Crippen LogP contribution in [0.15, 0.2) is 47.1 Å². The number of amides is 2. The third-order valence-electron chi connectivity index (χ3n) is 5.71. The van der Waals surface area contributed by atoms with Crippen molar-refractivity contribution in [1.29, 1.82) is 0 Å². The monoisotopic (exact) mass is 352 g/mol. The van der Waals surface area contributed by atoms with Crippen LogP contribution in [0.25, 0.3) is 0 Å². The van der Waals surface area contributed by atoms with Gasteiger partial charge in [0.1, 0.15) is 0 Å². The van der Waals surface area contributed by atoms with Crippen LogP contribution in [0.3, 0.4) is 0 Å². The molecule has 1 aromatic carbocycles. The number of carbonyl (C=O) groups is 2. The number of furan rings is 1. The highest BCUT2D eigenvalue weighted by Gasteiger charge is 2.33. The van der Waals surface area contributed by atoms with Gasteiger partial charge in [-0.05, 0) is 61.1 Å².